The van der Waals surface area contributed by atoms with Crippen LogP contribution in [0.3, 0.4) is 0 Å². The largest absolute Gasteiger partial charge is 0.482 e. The molecule has 0 radical (unpaired) electrons. The predicted molar refractivity (Wildman–Crippen MR) is 93.9 cm³/mol. The van der Waals surface area contributed by atoms with E-state index in [0.717, 1.165) is 26.9 Å². The number of hydrogen-bond acceptors (Lipinski definition) is 2. The number of rotatable bonds is 4. The molecule has 0 aliphatic heterocycles. The molecular formula is C17H17BrClNO2. The minimum absolute atomic E-state index is 0.0846. The Bertz CT molecular complexity index is 693. The molecule has 2 rings (SSSR count). The first kappa shape index (κ1) is 16.8. The van der Waals surface area contributed by atoms with Crippen molar-refractivity contribution < 1.29 is 9.53 Å². The van der Waals surface area contributed by atoms with Crippen molar-refractivity contribution in [2.75, 3.05) is 11.9 Å². The monoisotopic (exact) mass is 381 g/mol. The zero-order valence-electron chi connectivity index (χ0n) is 12.7. The molecule has 0 unspecified atom stereocenters. The third-order valence-electron chi connectivity index (χ3n) is 3.16. The van der Waals surface area contributed by atoms with Crippen molar-refractivity contribution in [3.05, 3.63) is 56.5 Å². The highest BCUT2D eigenvalue weighted by molar-refractivity contribution is 9.10. The quantitative estimate of drug-likeness (QED) is 0.804. The second-order valence-electron chi connectivity index (χ2n) is 5.19. The molecule has 1 N–H and O–H groups in total. The number of aryl methyl sites for hydroxylation is 3. The summed E-state index contributed by atoms with van der Waals surface area (Å²) in [6.07, 6.45) is 0. The maximum absolute atomic E-state index is 12.0. The van der Waals surface area contributed by atoms with Crippen LogP contribution in [0.25, 0.3) is 0 Å². The van der Waals surface area contributed by atoms with Crippen LogP contribution < -0.4 is 10.1 Å². The maximum Gasteiger partial charge on any atom is 0.262 e. The Morgan fingerprint density at radius 2 is 1.91 bits per heavy atom. The molecular weight excluding hydrogens is 366 g/mol. The molecule has 116 valence electrons. The number of nitrogens with one attached hydrogen (secondary N) is 1. The lowest BCUT2D eigenvalue weighted by Gasteiger charge is -2.12. The maximum atomic E-state index is 12.0. The van der Waals surface area contributed by atoms with Crippen LogP contribution in [-0.4, -0.2) is 12.5 Å². The highest BCUT2D eigenvalue weighted by Crippen LogP contribution is 2.29. The van der Waals surface area contributed by atoms with Crippen LogP contribution in [0.4, 0.5) is 5.69 Å². The van der Waals surface area contributed by atoms with Gasteiger partial charge in [0.05, 0.1) is 5.02 Å². The number of anilines is 1. The van der Waals surface area contributed by atoms with E-state index in [4.69, 9.17) is 16.3 Å². The van der Waals surface area contributed by atoms with Crippen LogP contribution in [0, 0.1) is 20.8 Å². The summed E-state index contributed by atoms with van der Waals surface area (Å²) in [6.45, 7) is 5.75. The zero-order valence-corrected chi connectivity index (χ0v) is 15.0. The first-order valence-electron chi connectivity index (χ1n) is 6.82. The highest BCUT2D eigenvalue weighted by atomic mass is 79.9. The zero-order chi connectivity index (χ0) is 16.3. The molecule has 2 aromatic rings. The standard InChI is InChI=1S/C17H17BrClNO2/c1-10-6-12(3)17(15(19)7-10)22-9-16(21)20-13-4-5-14(18)11(2)8-13/h4-8H,9H2,1-3H3,(H,20,21). The summed E-state index contributed by atoms with van der Waals surface area (Å²) >= 11 is 9.58. The normalized spacial score (nSPS) is 10.4. The number of carbonyl (C=O) groups is 1. The summed E-state index contributed by atoms with van der Waals surface area (Å²) < 4.78 is 6.56. The average molecular weight is 383 g/mol. The minimum atomic E-state index is -0.224. The van der Waals surface area contributed by atoms with Crippen molar-refractivity contribution in [2.45, 2.75) is 20.8 Å². The lowest BCUT2D eigenvalue weighted by molar-refractivity contribution is -0.118. The van der Waals surface area contributed by atoms with Crippen LogP contribution in [-0.2, 0) is 4.79 Å². The molecule has 0 saturated carbocycles. The molecule has 0 heterocycles. The van der Waals surface area contributed by atoms with E-state index in [-0.39, 0.29) is 12.5 Å². The van der Waals surface area contributed by atoms with Crippen LogP contribution in [0.2, 0.25) is 5.02 Å². The third kappa shape index (κ3) is 4.24. The number of halogens is 2. The van der Waals surface area contributed by atoms with Crippen LogP contribution >= 0.6 is 27.5 Å². The Kier molecular flexibility index (Phi) is 5.48. The van der Waals surface area contributed by atoms with Crippen molar-refractivity contribution in [1.29, 1.82) is 0 Å². The lowest BCUT2D eigenvalue weighted by Crippen LogP contribution is -2.20. The fraction of sp³-hybridized carbons (Fsp3) is 0.235. The van der Waals surface area contributed by atoms with E-state index < -0.39 is 0 Å². The smallest absolute Gasteiger partial charge is 0.262 e. The van der Waals surface area contributed by atoms with Gasteiger partial charge in [0.25, 0.3) is 5.91 Å². The van der Waals surface area contributed by atoms with Gasteiger partial charge in [-0.2, -0.15) is 0 Å². The van der Waals surface area contributed by atoms with Gasteiger partial charge in [-0.25, -0.2) is 0 Å². The Morgan fingerprint density at radius 3 is 2.55 bits per heavy atom. The first-order valence-corrected chi connectivity index (χ1v) is 7.99. The second kappa shape index (κ2) is 7.16. The molecule has 3 nitrogen and oxygen atoms in total. The van der Waals surface area contributed by atoms with E-state index >= 15 is 0 Å². The SMILES string of the molecule is Cc1cc(C)c(OCC(=O)Nc2ccc(Br)c(C)c2)c(Cl)c1. The van der Waals surface area contributed by atoms with Gasteiger partial charge in [0.2, 0.25) is 0 Å². The molecule has 0 aliphatic rings. The van der Waals surface area contributed by atoms with Crippen molar-refractivity contribution in [1.82, 2.24) is 0 Å². The van der Waals surface area contributed by atoms with Gasteiger partial charge >= 0.3 is 0 Å². The van der Waals surface area contributed by atoms with Crippen molar-refractivity contribution in [2.24, 2.45) is 0 Å². The van der Waals surface area contributed by atoms with Gasteiger partial charge in [-0.05, 0) is 61.7 Å². The van der Waals surface area contributed by atoms with E-state index in [9.17, 15) is 4.79 Å². The number of ether oxygens (including phenoxy) is 1. The molecule has 0 atom stereocenters. The molecule has 22 heavy (non-hydrogen) atoms. The summed E-state index contributed by atoms with van der Waals surface area (Å²) in [6, 6.07) is 9.41. The van der Waals surface area contributed by atoms with Gasteiger partial charge < -0.3 is 10.1 Å². The van der Waals surface area contributed by atoms with Gasteiger partial charge in [-0.1, -0.05) is 33.6 Å². The summed E-state index contributed by atoms with van der Waals surface area (Å²) in [5, 5.41) is 3.32. The van der Waals surface area contributed by atoms with Crippen LogP contribution in [0.1, 0.15) is 16.7 Å². The molecule has 0 fully saturated rings. The third-order valence-corrected chi connectivity index (χ3v) is 4.33. The second-order valence-corrected chi connectivity index (χ2v) is 6.46. The van der Waals surface area contributed by atoms with Crippen LogP contribution in [0.5, 0.6) is 5.75 Å². The first-order chi connectivity index (χ1) is 10.4. The van der Waals surface area contributed by atoms with Gasteiger partial charge in [0.15, 0.2) is 6.61 Å². The molecule has 0 spiro atoms. The molecule has 0 bridgehead atoms. The Labute approximate surface area is 143 Å². The van der Waals surface area contributed by atoms with Gasteiger partial charge in [-0.3, -0.25) is 4.79 Å². The number of amides is 1. The van der Waals surface area contributed by atoms with Crippen molar-refractivity contribution >= 4 is 39.1 Å². The molecule has 5 heteroatoms. The van der Waals surface area contributed by atoms with E-state index in [0.29, 0.717) is 10.8 Å². The Balaban J connectivity index is 2.00. The van der Waals surface area contributed by atoms with E-state index in [1.165, 1.54) is 0 Å². The van der Waals surface area contributed by atoms with Gasteiger partial charge in [-0.15, -0.1) is 0 Å². The fourth-order valence-corrected chi connectivity index (χ4v) is 2.76. The molecule has 0 aliphatic carbocycles. The fourth-order valence-electron chi connectivity index (χ4n) is 2.14. The minimum Gasteiger partial charge on any atom is -0.482 e. The highest BCUT2D eigenvalue weighted by Gasteiger charge is 2.10. The van der Waals surface area contributed by atoms with E-state index in [1.807, 2.05) is 51.1 Å². The summed E-state index contributed by atoms with van der Waals surface area (Å²) in [5.41, 5.74) is 3.76. The van der Waals surface area contributed by atoms with Gasteiger partial charge in [0.1, 0.15) is 5.75 Å². The number of hydrogen-bond donors (Lipinski definition) is 1. The Hall–Kier alpha value is -1.52. The number of carbonyl (C=O) groups excluding carboxylic acids is 1. The van der Waals surface area contributed by atoms with Crippen molar-refractivity contribution in [3.8, 4) is 5.75 Å². The molecule has 2 aromatic carbocycles. The molecule has 0 aromatic heterocycles. The molecule has 1 amide bonds. The molecule has 0 saturated heterocycles. The number of benzene rings is 2. The Morgan fingerprint density at radius 1 is 1.18 bits per heavy atom. The van der Waals surface area contributed by atoms with Crippen LogP contribution in [0.15, 0.2) is 34.8 Å². The summed E-state index contributed by atoms with van der Waals surface area (Å²) in [7, 11) is 0. The van der Waals surface area contributed by atoms with E-state index in [1.54, 1.807) is 0 Å². The predicted octanol–water partition coefficient (Wildman–Crippen LogP) is 5.05. The summed E-state index contributed by atoms with van der Waals surface area (Å²) in [5.74, 6) is 0.326. The van der Waals surface area contributed by atoms with E-state index in [2.05, 4.69) is 21.2 Å². The topological polar surface area (TPSA) is 38.3 Å². The van der Waals surface area contributed by atoms with Gasteiger partial charge in [0, 0.05) is 10.2 Å². The van der Waals surface area contributed by atoms with Crippen molar-refractivity contribution in [3.63, 3.8) is 0 Å². The summed E-state index contributed by atoms with van der Waals surface area (Å²) in [4.78, 5) is 12.0. The lowest BCUT2D eigenvalue weighted by atomic mass is 10.1. The average Bonchev–Trinajstić information content (AvgIpc) is 2.41.